The average molecular weight is 491 g/mol. The second-order valence-electron chi connectivity index (χ2n) is 7.60. The zero-order valence-electron chi connectivity index (χ0n) is 18.9. The molecule has 2 aromatic carbocycles. The smallest absolute Gasteiger partial charge is 0.326 e. The van der Waals surface area contributed by atoms with E-state index in [1.54, 1.807) is 11.5 Å². The monoisotopic (exact) mass is 490 g/mol. The van der Waals surface area contributed by atoms with Crippen LogP contribution in [0.2, 0.25) is 0 Å². The van der Waals surface area contributed by atoms with Crippen molar-refractivity contribution in [2.75, 3.05) is 19.5 Å². The molecule has 1 heterocycles. The van der Waals surface area contributed by atoms with Crippen LogP contribution in [-0.4, -0.2) is 44.3 Å². The van der Waals surface area contributed by atoms with Gasteiger partial charge >= 0.3 is 5.97 Å². The van der Waals surface area contributed by atoms with Crippen LogP contribution in [0.15, 0.2) is 52.4 Å². The molecular weight excluding hydrogens is 464 g/mol. The van der Waals surface area contributed by atoms with E-state index in [1.807, 2.05) is 18.2 Å². The van der Waals surface area contributed by atoms with Gasteiger partial charge in [0.2, 0.25) is 0 Å². The standard InChI is InChI=1S/C23H26N2O6S2/c1-5-31-22(27)13-25-19-11-6-16(15(2)3)12-20(19)32-23(25)24-21(26)14-33(28,29)18-9-7-17(30-4)8-10-18/h6-12,15H,5,13-14H2,1-4H3. The lowest BCUT2D eigenvalue weighted by atomic mass is 10.0. The summed E-state index contributed by atoms with van der Waals surface area (Å²) in [5, 5.41) is 0. The average Bonchev–Trinajstić information content (AvgIpc) is 3.09. The number of esters is 1. The Kier molecular flexibility index (Phi) is 7.70. The molecular formula is C23H26N2O6S2. The fraction of sp³-hybridized carbons (Fsp3) is 0.348. The Hall–Kier alpha value is -2.98. The van der Waals surface area contributed by atoms with Crippen molar-refractivity contribution in [1.82, 2.24) is 4.57 Å². The molecule has 1 amide bonds. The van der Waals surface area contributed by atoms with E-state index < -0.39 is 27.5 Å². The van der Waals surface area contributed by atoms with E-state index in [1.165, 1.54) is 42.7 Å². The van der Waals surface area contributed by atoms with Gasteiger partial charge in [-0.2, -0.15) is 4.99 Å². The first-order valence-corrected chi connectivity index (χ1v) is 12.8. The van der Waals surface area contributed by atoms with Gasteiger partial charge in [-0.3, -0.25) is 9.59 Å². The molecule has 0 saturated carbocycles. The number of rotatable bonds is 8. The molecule has 0 radical (unpaired) electrons. The molecule has 0 saturated heterocycles. The Balaban J connectivity index is 1.99. The summed E-state index contributed by atoms with van der Waals surface area (Å²) in [6.45, 7) is 5.94. The third kappa shape index (κ3) is 5.88. The highest BCUT2D eigenvalue weighted by atomic mass is 32.2. The lowest BCUT2D eigenvalue weighted by Gasteiger charge is -2.07. The zero-order chi connectivity index (χ0) is 24.2. The highest BCUT2D eigenvalue weighted by Gasteiger charge is 2.20. The fourth-order valence-corrected chi connectivity index (χ4v) is 5.39. The third-order valence-electron chi connectivity index (χ3n) is 4.92. The first-order valence-electron chi connectivity index (χ1n) is 10.4. The van der Waals surface area contributed by atoms with Crippen molar-refractivity contribution >= 4 is 43.3 Å². The summed E-state index contributed by atoms with van der Waals surface area (Å²) in [5.41, 5.74) is 1.83. The molecule has 0 spiro atoms. The van der Waals surface area contributed by atoms with E-state index in [4.69, 9.17) is 9.47 Å². The maximum atomic E-state index is 12.7. The number of ether oxygens (including phenoxy) is 2. The summed E-state index contributed by atoms with van der Waals surface area (Å²) in [5.74, 6) is -1.27. The van der Waals surface area contributed by atoms with Gasteiger partial charge in [-0.1, -0.05) is 31.3 Å². The van der Waals surface area contributed by atoms with Gasteiger partial charge in [0, 0.05) is 0 Å². The van der Waals surface area contributed by atoms with Gasteiger partial charge in [-0.25, -0.2) is 8.42 Å². The van der Waals surface area contributed by atoms with Crippen molar-refractivity contribution in [3.63, 3.8) is 0 Å². The molecule has 0 aliphatic rings. The summed E-state index contributed by atoms with van der Waals surface area (Å²) in [7, 11) is -2.41. The molecule has 8 nitrogen and oxygen atoms in total. The van der Waals surface area contributed by atoms with Crippen LogP contribution in [-0.2, 0) is 30.7 Å². The minimum Gasteiger partial charge on any atom is -0.497 e. The minimum atomic E-state index is -3.89. The van der Waals surface area contributed by atoms with Crippen LogP contribution in [0.5, 0.6) is 5.75 Å². The fourth-order valence-electron chi connectivity index (χ4n) is 3.19. The topological polar surface area (TPSA) is 104 Å². The number of hydrogen-bond donors (Lipinski definition) is 0. The number of benzene rings is 2. The van der Waals surface area contributed by atoms with Crippen LogP contribution in [0, 0.1) is 0 Å². The Labute approximate surface area is 196 Å². The van der Waals surface area contributed by atoms with Crippen LogP contribution < -0.4 is 9.54 Å². The predicted molar refractivity (Wildman–Crippen MR) is 126 cm³/mol. The van der Waals surface area contributed by atoms with Crippen LogP contribution in [0.25, 0.3) is 10.2 Å². The number of sulfone groups is 1. The summed E-state index contributed by atoms with van der Waals surface area (Å²) in [6.07, 6.45) is 0. The number of nitrogens with zero attached hydrogens (tertiary/aromatic N) is 2. The first-order chi connectivity index (χ1) is 15.6. The van der Waals surface area contributed by atoms with Gasteiger partial charge in [0.1, 0.15) is 18.0 Å². The second-order valence-corrected chi connectivity index (χ2v) is 10.6. The molecule has 0 aliphatic carbocycles. The molecule has 3 aromatic rings. The van der Waals surface area contributed by atoms with Gasteiger partial charge < -0.3 is 14.0 Å². The zero-order valence-corrected chi connectivity index (χ0v) is 20.5. The van der Waals surface area contributed by atoms with Crippen LogP contribution in [0.3, 0.4) is 0 Å². The van der Waals surface area contributed by atoms with E-state index in [0.717, 1.165) is 15.8 Å². The molecule has 0 aliphatic heterocycles. The summed E-state index contributed by atoms with van der Waals surface area (Å²) >= 11 is 1.23. The third-order valence-corrected chi connectivity index (χ3v) is 7.58. The van der Waals surface area contributed by atoms with Crippen molar-refractivity contribution in [3.8, 4) is 5.75 Å². The van der Waals surface area contributed by atoms with Crippen molar-refractivity contribution in [3.05, 3.63) is 52.8 Å². The number of carbonyl (C=O) groups is 2. The molecule has 10 heteroatoms. The molecule has 3 rings (SSSR count). The predicted octanol–water partition coefficient (Wildman–Crippen LogP) is 3.30. The summed E-state index contributed by atoms with van der Waals surface area (Å²) in [6, 6.07) is 11.6. The number of thiazole rings is 1. The molecule has 0 fully saturated rings. The van der Waals surface area contributed by atoms with Gasteiger partial charge in [0.05, 0.1) is 28.8 Å². The normalized spacial score (nSPS) is 12.3. The highest BCUT2D eigenvalue weighted by Crippen LogP contribution is 2.24. The van der Waals surface area contributed by atoms with Crippen LogP contribution in [0.1, 0.15) is 32.3 Å². The number of aromatic nitrogens is 1. The van der Waals surface area contributed by atoms with Crippen LogP contribution in [0.4, 0.5) is 0 Å². The molecule has 176 valence electrons. The van der Waals surface area contributed by atoms with Gasteiger partial charge in [0.25, 0.3) is 5.91 Å². The number of methoxy groups -OCH3 is 1. The minimum absolute atomic E-state index is 0.00386. The van der Waals surface area contributed by atoms with Crippen molar-refractivity contribution in [2.24, 2.45) is 4.99 Å². The maximum Gasteiger partial charge on any atom is 0.326 e. The van der Waals surface area contributed by atoms with Crippen LogP contribution >= 0.6 is 11.3 Å². The molecule has 0 N–H and O–H groups in total. The maximum absolute atomic E-state index is 12.7. The Bertz CT molecular complexity index is 1340. The van der Waals surface area contributed by atoms with Crippen molar-refractivity contribution in [2.45, 2.75) is 38.1 Å². The Morgan fingerprint density at radius 3 is 2.42 bits per heavy atom. The van der Waals surface area contributed by atoms with Gasteiger partial charge in [-0.15, -0.1) is 0 Å². The van der Waals surface area contributed by atoms with Crippen molar-refractivity contribution in [1.29, 1.82) is 0 Å². The largest absolute Gasteiger partial charge is 0.497 e. The first kappa shape index (κ1) is 24.7. The molecule has 33 heavy (non-hydrogen) atoms. The lowest BCUT2D eigenvalue weighted by Crippen LogP contribution is -2.24. The highest BCUT2D eigenvalue weighted by molar-refractivity contribution is 7.92. The summed E-state index contributed by atoms with van der Waals surface area (Å²) in [4.78, 5) is 29.1. The summed E-state index contributed by atoms with van der Waals surface area (Å²) < 4.78 is 37.9. The quantitative estimate of drug-likeness (QED) is 0.449. The molecule has 1 aromatic heterocycles. The number of fused-ring (bicyclic) bond motifs is 1. The number of amides is 1. The molecule has 0 unspecified atom stereocenters. The lowest BCUT2D eigenvalue weighted by molar-refractivity contribution is -0.143. The van der Waals surface area contributed by atoms with Gasteiger partial charge in [-0.05, 0) is 54.8 Å². The SMILES string of the molecule is CCOC(=O)Cn1c(=NC(=O)CS(=O)(=O)c2ccc(OC)cc2)sc2cc(C(C)C)ccc21. The van der Waals surface area contributed by atoms with Crippen molar-refractivity contribution < 1.29 is 27.5 Å². The number of hydrogen-bond acceptors (Lipinski definition) is 7. The van der Waals surface area contributed by atoms with E-state index >= 15 is 0 Å². The van der Waals surface area contributed by atoms with E-state index in [-0.39, 0.29) is 22.8 Å². The van der Waals surface area contributed by atoms with E-state index in [2.05, 4.69) is 18.8 Å². The van der Waals surface area contributed by atoms with E-state index in [9.17, 15) is 18.0 Å². The van der Waals surface area contributed by atoms with Gasteiger partial charge in [0.15, 0.2) is 14.6 Å². The Morgan fingerprint density at radius 1 is 1.12 bits per heavy atom. The Morgan fingerprint density at radius 2 is 1.82 bits per heavy atom. The second kappa shape index (κ2) is 10.3. The molecule has 0 atom stereocenters. The number of carbonyl (C=O) groups excluding carboxylic acids is 2. The molecule has 0 bridgehead atoms. The van der Waals surface area contributed by atoms with E-state index in [0.29, 0.717) is 11.7 Å².